The van der Waals surface area contributed by atoms with Crippen LogP contribution in [0.15, 0.2) is 34.1 Å². The second kappa shape index (κ2) is 6.04. The SMILES string of the molecule is CC(NS(=O)(=O)c1ccccc1S(N)(=O)=O)C1CCCC1. The number of hydrogen-bond acceptors (Lipinski definition) is 4. The summed E-state index contributed by atoms with van der Waals surface area (Å²) in [7, 11) is -8.01. The molecule has 0 saturated heterocycles. The fourth-order valence-electron chi connectivity index (χ4n) is 2.77. The zero-order chi connectivity index (χ0) is 15.7. The molecule has 21 heavy (non-hydrogen) atoms. The van der Waals surface area contributed by atoms with Gasteiger partial charge in [0.05, 0.1) is 0 Å². The first kappa shape index (κ1) is 16.4. The molecule has 8 heteroatoms. The molecule has 1 fully saturated rings. The minimum Gasteiger partial charge on any atom is -0.225 e. The van der Waals surface area contributed by atoms with Crippen molar-refractivity contribution in [1.29, 1.82) is 0 Å². The van der Waals surface area contributed by atoms with Gasteiger partial charge >= 0.3 is 0 Å². The van der Waals surface area contributed by atoms with Crippen LogP contribution in [-0.2, 0) is 20.0 Å². The molecule has 2 rings (SSSR count). The predicted octanol–water partition coefficient (Wildman–Crippen LogP) is 1.19. The van der Waals surface area contributed by atoms with E-state index in [0.717, 1.165) is 25.7 Å². The van der Waals surface area contributed by atoms with E-state index in [4.69, 9.17) is 5.14 Å². The summed E-state index contributed by atoms with van der Waals surface area (Å²) in [6, 6.07) is 5.14. The molecular weight excluding hydrogens is 312 g/mol. The highest BCUT2D eigenvalue weighted by Gasteiger charge is 2.29. The number of hydrogen-bond donors (Lipinski definition) is 2. The van der Waals surface area contributed by atoms with Crippen molar-refractivity contribution in [2.24, 2.45) is 11.1 Å². The van der Waals surface area contributed by atoms with Gasteiger partial charge in [-0.1, -0.05) is 25.0 Å². The molecule has 6 nitrogen and oxygen atoms in total. The van der Waals surface area contributed by atoms with Gasteiger partial charge in [0, 0.05) is 6.04 Å². The molecule has 0 spiro atoms. The lowest BCUT2D eigenvalue weighted by molar-refractivity contribution is 0.423. The molecule has 118 valence electrons. The Hall–Kier alpha value is -0.960. The van der Waals surface area contributed by atoms with E-state index >= 15 is 0 Å². The average Bonchev–Trinajstić information content (AvgIpc) is 2.91. The first-order valence-electron chi connectivity index (χ1n) is 6.86. The number of rotatable bonds is 5. The Kier molecular flexibility index (Phi) is 4.72. The molecular formula is C13H20N2O4S2. The van der Waals surface area contributed by atoms with Crippen LogP contribution in [0.3, 0.4) is 0 Å². The first-order valence-corrected chi connectivity index (χ1v) is 9.89. The maximum absolute atomic E-state index is 12.4. The molecule has 0 aliphatic heterocycles. The van der Waals surface area contributed by atoms with Crippen LogP contribution in [0.1, 0.15) is 32.6 Å². The van der Waals surface area contributed by atoms with E-state index in [0.29, 0.717) is 5.92 Å². The van der Waals surface area contributed by atoms with Gasteiger partial charge in [0.1, 0.15) is 9.79 Å². The third kappa shape index (κ3) is 3.82. The maximum atomic E-state index is 12.4. The van der Waals surface area contributed by atoms with Crippen LogP contribution in [0.25, 0.3) is 0 Å². The molecule has 0 radical (unpaired) electrons. The Morgan fingerprint density at radius 3 is 2.14 bits per heavy atom. The molecule has 1 atom stereocenters. The van der Waals surface area contributed by atoms with Gasteiger partial charge in [-0.2, -0.15) is 0 Å². The second-order valence-electron chi connectivity index (χ2n) is 5.45. The van der Waals surface area contributed by atoms with Crippen LogP contribution in [0.5, 0.6) is 0 Å². The van der Waals surface area contributed by atoms with Gasteiger partial charge in [-0.3, -0.25) is 0 Å². The topological polar surface area (TPSA) is 106 Å². The maximum Gasteiger partial charge on any atom is 0.242 e. The molecule has 1 aliphatic rings. The summed E-state index contributed by atoms with van der Waals surface area (Å²) in [6.45, 7) is 1.81. The van der Waals surface area contributed by atoms with E-state index in [-0.39, 0.29) is 15.8 Å². The van der Waals surface area contributed by atoms with Crippen molar-refractivity contribution in [2.75, 3.05) is 0 Å². The smallest absolute Gasteiger partial charge is 0.225 e. The predicted molar refractivity (Wildman–Crippen MR) is 79.6 cm³/mol. The van der Waals surface area contributed by atoms with E-state index in [1.165, 1.54) is 24.3 Å². The Morgan fingerprint density at radius 1 is 1.10 bits per heavy atom. The van der Waals surface area contributed by atoms with Crippen LogP contribution in [0, 0.1) is 5.92 Å². The summed E-state index contributed by atoms with van der Waals surface area (Å²) in [4.78, 5) is -0.673. The Morgan fingerprint density at radius 2 is 1.62 bits per heavy atom. The monoisotopic (exact) mass is 332 g/mol. The summed E-state index contributed by atoms with van der Waals surface area (Å²) in [5, 5.41) is 5.09. The molecule has 0 heterocycles. The van der Waals surface area contributed by atoms with Gasteiger partial charge in [-0.15, -0.1) is 0 Å². The van der Waals surface area contributed by atoms with Gasteiger partial charge in [0.15, 0.2) is 0 Å². The van der Waals surface area contributed by atoms with E-state index in [2.05, 4.69) is 4.72 Å². The standard InChI is InChI=1S/C13H20N2O4S2/c1-10(11-6-2-3-7-11)15-21(18,19)13-9-5-4-8-12(13)20(14,16)17/h4-5,8-11,15H,2-3,6-7H2,1H3,(H2,14,16,17). The summed E-state index contributed by atoms with van der Waals surface area (Å²) in [5.41, 5.74) is 0. The van der Waals surface area contributed by atoms with Crippen molar-refractivity contribution >= 4 is 20.0 Å². The highest BCUT2D eigenvalue weighted by Crippen LogP contribution is 2.29. The number of nitrogens with two attached hydrogens (primary N) is 1. The largest absolute Gasteiger partial charge is 0.242 e. The molecule has 0 aromatic heterocycles. The fraction of sp³-hybridized carbons (Fsp3) is 0.538. The van der Waals surface area contributed by atoms with Crippen molar-refractivity contribution in [3.05, 3.63) is 24.3 Å². The van der Waals surface area contributed by atoms with Crippen molar-refractivity contribution in [1.82, 2.24) is 4.72 Å². The van der Waals surface area contributed by atoms with Crippen molar-refractivity contribution in [3.8, 4) is 0 Å². The fourth-order valence-corrected chi connectivity index (χ4v) is 5.46. The molecule has 1 aliphatic carbocycles. The van der Waals surface area contributed by atoms with Gasteiger partial charge in [-0.25, -0.2) is 26.7 Å². The van der Waals surface area contributed by atoms with Gasteiger partial charge in [0.25, 0.3) is 0 Å². The zero-order valence-corrected chi connectivity index (χ0v) is 13.5. The lowest BCUT2D eigenvalue weighted by atomic mass is 10.0. The summed E-state index contributed by atoms with van der Waals surface area (Å²) in [6.07, 6.45) is 4.18. The number of sulfonamides is 2. The highest BCUT2D eigenvalue weighted by atomic mass is 32.2. The summed E-state index contributed by atoms with van der Waals surface area (Å²) in [5.74, 6) is 0.293. The minimum atomic E-state index is -4.09. The first-order chi connectivity index (χ1) is 9.72. The third-order valence-corrected chi connectivity index (χ3v) is 6.61. The van der Waals surface area contributed by atoms with E-state index in [1.807, 2.05) is 6.92 Å². The van der Waals surface area contributed by atoms with E-state index < -0.39 is 20.0 Å². The molecule has 1 aromatic carbocycles. The normalized spacial score (nSPS) is 18.8. The third-order valence-electron chi connectivity index (χ3n) is 3.89. The van der Waals surface area contributed by atoms with Crippen LogP contribution < -0.4 is 9.86 Å². The van der Waals surface area contributed by atoms with Gasteiger partial charge < -0.3 is 0 Å². The molecule has 1 unspecified atom stereocenters. The summed E-state index contributed by atoms with van der Waals surface area (Å²) < 4.78 is 50.5. The van der Waals surface area contributed by atoms with E-state index in [9.17, 15) is 16.8 Å². The quantitative estimate of drug-likeness (QED) is 0.844. The van der Waals surface area contributed by atoms with Gasteiger partial charge in [0.2, 0.25) is 20.0 Å². The zero-order valence-electron chi connectivity index (χ0n) is 11.8. The molecule has 3 N–H and O–H groups in total. The lowest BCUT2D eigenvalue weighted by Gasteiger charge is -2.21. The second-order valence-corrected chi connectivity index (χ2v) is 8.66. The van der Waals surface area contributed by atoms with Crippen LogP contribution in [-0.4, -0.2) is 22.9 Å². The molecule has 1 aromatic rings. The van der Waals surface area contributed by atoms with Crippen LogP contribution in [0.4, 0.5) is 0 Å². The molecule has 0 amide bonds. The van der Waals surface area contributed by atoms with Crippen LogP contribution >= 0.6 is 0 Å². The van der Waals surface area contributed by atoms with Crippen molar-refractivity contribution in [2.45, 2.75) is 48.4 Å². The average molecular weight is 332 g/mol. The molecule has 1 saturated carbocycles. The van der Waals surface area contributed by atoms with Crippen LogP contribution in [0.2, 0.25) is 0 Å². The number of primary sulfonamides is 1. The Bertz CT molecular complexity index is 707. The lowest BCUT2D eigenvalue weighted by Crippen LogP contribution is -2.37. The number of benzene rings is 1. The highest BCUT2D eigenvalue weighted by molar-refractivity contribution is 7.92. The summed E-state index contributed by atoms with van der Waals surface area (Å²) >= 11 is 0. The minimum absolute atomic E-state index is 0.231. The van der Waals surface area contributed by atoms with Gasteiger partial charge in [-0.05, 0) is 37.8 Å². The van der Waals surface area contributed by atoms with Crippen molar-refractivity contribution < 1.29 is 16.8 Å². The molecule has 0 bridgehead atoms. The van der Waals surface area contributed by atoms with E-state index in [1.54, 1.807) is 0 Å². The number of nitrogens with one attached hydrogen (secondary N) is 1. The Balaban J connectivity index is 2.32. The Labute approximate surface area is 125 Å². The van der Waals surface area contributed by atoms with Crippen molar-refractivity contribution in [3.63, 3.8) is 0 Å².